The Balaban J connectivity index is 1.77. The molecule has 4 rings (SSSR count). The first-order valence-corrected chi connectivity index (χ1v) is 10.1. The van der Waals surface area contributed by atoms with Crippen LogP contribution in [-0.2, 0) is 9.47 Å². The fourth-order valence-electron chi connectivity index (χ4n) is 4.83. The van der Waals surface area contributed by atoms with Gasteiger partial charge in [-0.2, -0.15) is 0 Å². The van der Waals surface area contributed by atoms with Gasteiger partial charge in [-0.3, -0.25) is 4.90 Å². The highest BCUT2D eigenvalue weighted by Gasteiger charge is 2.47. The SMILES string of the molecule is CCCCO[C@H]1O[C@@H]2CC=C3CCN(C)[C@H]3[C@@H]2c2cc(OC)c(OC)cc21. The van der Waals surface area contributed by atoms with E-state index in [0.29, 0.717) is 18.6 Å². The number of unbranched alkanes of at least 4 members (excludes halogenated alkanes) is 1. The Morgan fingerprint density at radius 3 is 2.59 bits per heavy atom. The van der Waals surface area contributed by atoms with E-state index < -0.39 is 0 Å². The lowest BCUT2D eigenvalue weighted by Gasteiger charge is -2.45. The van der Waals surface area contributed by atoms with Gasteiger partial charge in [0.2, 0.25) is 0 Å². The molecule has 0 aromatic heterocycles. The Kier molecular flexibility index (Phi) is 5.44. The van der Waals surface area contributed by atoms with Gasteiger partial charge in [0.15, 0.2) is 17.8 Å². The minimum absolute atomic E-state index is 0.136. The van der Waals surface area contributed by atoms with E-state index in [1.807, 2.05) is 6.07 Å². The van der Waals surface area contributed by atoms with Crippen LogP contribution in [0.25, 0.3) is 0 Å². The molecule has 148 valence electrons. The number of nitrogens with zero attached hydrogens (tertiary/aromatic N) is 1. The molecule has 4 atom stereocenters. The summed E-state index contributed by atoms with van der Waals surface area (Å²) >= 11 is 0. The van der Waals surface area contributed by atoms with Crippen molar-refractivity contribution in [2.24, 2.45) is 0 Å². The van der Waals surface area contributed by atoms with Crippen molar-refractivity contribution in [3.05, 3.63) is 34.9 Å². The molecule has 3 aliphatic rings. The predicted molar refractivity (Wildman–Crippen MR) is 104 cm³/mol. The van der Waals surface area contributed by atoms with Crippen molar-refractivity contribution < 1.29 is 18.9 Å². The lowest BCUT2D eigenvalue weighted by atomic mass is 9.74. The van der Waals surface area contributed by atoms with Gasteiger partial charge in [-0.25, -0.2) is 0 Å². The average molecular weight is 373 g/mol. The molecule has 1 aliphatic carbocycles. The number of benzene rings is 1. The van der Waals surface area contributed by atoms with Gasteiger partial charge in [-0.05, 0) is 44.0 Å². The predicted octanol–water partition coefficient (Wildman–Crippen LogP) is 4.04. The molecule has 0 unspecified atom stereocenters. The molecule has 5 heteroatoms. The van der Waals surface area contributed by atoms with E-state index in [1.165, 1.54) is 5.56 Å². The van der Waals surface area contributed by atoms with Gasteiger partial charge < -0.3 is 18.9 Å². The maximum atomic E-state index is 6.50. The number of rotatable bonds is 6. The summed E-state index contributed by atoms with van der Waals surface area (Å²) < 4.78 is 23.8. The van der Waals surface area contributed by atoms with Crippen LogP contribution in [0, 0.1) is 0 Å². The molecule has 0 spiro atoms. The number of fused-ring (bicyclic) bond motifs is 5. The minimum Gasteiger partial charge on any atom is -0.493 e. The molecule has 1 saturated heterocycles. The summed E-state index contributed by atoms with van der Waals surface area (Å²) in [5.41, 5.74) is 3.93. The van der Waals surface area contributed by atoms with Gasteiger partial charge >= 0.3 is 0 Å². The fraction of sp³-hybridized carbons (Fsp3) is 0.636. The number of likely N-dealkylation sites (tertiary alicyclic amines) is 1. The summed E-state index contributed by atoms with van der Waals surface area (Å²) in [6, 6.07) is 4.60. The Bertz CT molecular complexity index is 717. The molecule has 0 amide bonds. The monoisotopic (exact) mass is 373 g/mol. The number of ether oxygens (including phenoxy) is 4. The summed E-state index contributed by atoms with van der Waals surface area (Å²) in [6.45, 7) is 3.99. The highest BCUT2D eigenvalue weighted by Crippen LogP contribution is 2.51. The molecular weight excluding hydrogens is 342 g/mol. The Labute approximate surface area is 162 Å². The standard InChI is InChI=1S/C22H31NO4/c1-5-6-11-26-22-16-13-19(25-4)18(24-3)12-15(16)20-17(27-22)8-7-14-9-10-23(2)21(14)20/h7,12-13,17,20-22H,5-6,8-11H2,1-4H3/t17-,20-,21-,22+/m1/s1. The fourth-order valence-corrected chi connectivity index (χ4v) is 4.83. The van der Waals surface area contributed by atoms with Crippen LogP contribution in [0.3, 0.4) is 0 Å². The lowest BCUT2D eigenvalue weighted by molar-refractivity contribution is -0.194. The smallest absolute Gasteiger partial charge is 0.184 e. The summed E-state index contributed by atoms with van der Waals surface area (Å²) in [5.74, 6) is 1.81. The van der Waals surface area contributed by atoms with Crippen molar-refractivity contribution >= 4 is 0 Å². The third-order valence-electron chi connectivity index (χ3n) is 6.23. The molecule has 2 heterocycles. The topological polar surface area (TPSA) is 40.2 Å². The van der Waals surface area contributed by atoms with Crippen molar-refractivity contribution in [1.82, 2.24) is 4.90 Å². The number of hydrogen-bond acceptors (Lipinski definition) is 5. The largest absolute Gasteiger partial charge is 0.493 e. The Hall–Kier alpha value is -1.56. The van der Waals surface area contributed by atoms with E-state index in [4.69, 9.17) is 18.9 Å². The Morgan fingerprint density at radius 2 is 1.89 bits per heavy atom. The van der Waals surface area contributed by atoms with Crippen LogP contribution >= 0.6 is 0 Å². The van der Waals surface area contributed by atoms with Crippen LogP contribution in [0.5, 0.6) is 11.5 Å². The van der Waals surface area contributed by atoms with E-state index >= 15 is 0 Å². The molecule has 1 fully saturated rings. The number of hydrogen-bond donors (Lipinski definition) is 0. The highest BCUT2D eigenvalue weighted by atomic mass is 16.7. The van der Waals surface area contributed by atoms with Crippen LogP contribution in [0.2, 0.25) is 0 Å². The van der Waals surface area contributed by atoms with Crippen molar-refractivity contribution in [1.29, 1.82) is 0 Å². The second kappa shape index (κ2) is 7.82. The van der Waals surface area contributed by atoms with Crippen LogP contribution in [-0.4, -0.2) is 51.5 Å². The molecule has 1 aromatic carbocycles. The molecule has 27 heavy (non-hydrogen) atoms. The van der Waals surface area contributed by atoms with Crippen LogP contribution in [0.15, 0.2) is 23.8 Å². The minimum atomic E-state index is -0.339. The maximum absolute atomic E-state index is 6.50. The van der Waals surface area contributed by atoms with Gasteiger partial charge in [0.25, 0.3) is 0 Å². The van der Waals surface area contributed by atoms with E-state index in [-0.39, 0.29) is 12.4 Å². The molecular formula is C22H31NO4. The van der Waals surface area contributed by atoms with Crippen molar-refractivity contribution in [2.45, 2.75) is 57.0 Å². The molecule has 0 radical (unpaired) electrons. The third-order valence-corrected chi connectivity index (χ3v) is 6.23. The summed E-state index contributed by atoms with van der Waals surface area (Å²) in [5, 5.41) is 0. The van der Waals surface area contributed by atoms with Gasteiger partial charge in [-0.15, -0.1) is 0 Å². The molecule has 5 nitrogen and oxygen atoms in total. The molecule has 0 saturated carbocycles. The van der Waals surface area contributed by atoms with Crippen LogP contribution in [0.1, 0.15) is 55.9 Å². The molecule has 2 aliphatic heterocycles. The van der Waals surface area contributed by atoms with Gasteiger partial charge in [0, 0.05) is 24.1 Å². The Morgan fingerprint density at radius 1 is 1.15 bits per heavy atom. The highest BCUT2D eigenvalue weighted by molar-refractivity contribution is 5.52. The van der Waals surface area contributed by atoms with E-state index in [0.717, 1.165) is 49.3 Å². The van der Waals surface area contributed by atoms with Gasteiger partial charge in [0.1, 0.15) is 0 Å². The van der Waals surface area contributed by atoms with Crippen molar-refractivity contribution in [3.63, 3.8) is 0 Å². The third kappa shape index (κ3) is 3.26. The van der Waals surface area contributed by atoms with Gasteiger partial charge in [0.05, 0.1) is 26.9 Å². The normalized spacial score (nSPS) is 29.6. The summed E-state index contributed by atoms with van der Waals surface area (Å²) in [4.78, 5) is 2.46. The lowest BCUT2D eigenvalue weighted by Crippen LogP contribution is -2.45. The first-order chi connectivity index (χ1) is 13.2. The second-order valence-electron chi connectivity index (χ2n) is 7.78. The molecule has 0 bridgehead atoms. The van der Waals surface area contributed by atoms with Crippen molar-refractivity contribution in [2.75, 3.05) is 34.4 Å². The quantitative estimate of drug-likeness (QED) is 0.556. The number of methoxy groups -OCH3 is 2. The van der Waals surface area contributed by atoms with Crippen molar-refractivity contribution in [3.8, 4) is 11.5 Å². The maximum Gasteiger partial charge on any atom is 0.184 e. The summed E-state index contributed by atoms with van der Waals surface area (Å²) in [6.07, 6.45) is 6.44. The zero-order valence-corrected chi connectivity index (χ0v) is 16.9. The summed E-state index contributed by atoms with van der Waals surface area (Å²) in [7, 11) is 5.60. The van der Waals surface area contributed by atoms with E-state index in [9.17, 15) is 0 Å². The second-order valence-corrected chi connectivity index (χ2v) is 7.78. The molecule has 1 aromatic rings. The van der Waals surface area contributed by atoms with E-state index in [1.54, 1.807) is 19.8 Å². The zero-order chi connectivity index (χ0) is 19.0. The van der Waals surface area contributed by atoms with Crippen LogP contribution in [0.4, 0.5) is 0 Å². The first-order valence-electron chi connectivity index (χ1n) is 10.1. The van der Waals surface area contributed by atoms with E-state index in [2.05, 4.69) is 31.0 Å². The van der Waals surface area contributed by atoms with Gasteiger partial charge in [-0.1, -0.05) is 25.0 Å². The van der Waals surface area contributed by atoms with Crippen LogP contribution < -0.4 is 9.47 Å². The molecule has 0 N–H and O–H groups in total. The number of likely N-dealkylation sites (N-methyl/N-ethyl adjacent to an activating group) is 1. The zero-order valence-electron chi connectivity index (χ0n) is 16.9. The first kappa shape index (κ1) is 18.8. The average Bonchev–Trinajstić information content (AvgIpc) is 3.07.